The number of hydrogen-bond acceptors (Lipinski definition) is 3. The van der Waals surface area contributed by atoms with Gasteiger partial charge >= 0.3 is 0 Å². The highest BCUT2D eigenvalue weighted by Crippen LogP contribution is 2.27. The van der Waals surface area contributed by atoms with E-state index in [0.717, 1.165) is 15.8 Å². The van der Waals surface area contributed by atoms with Crippen LogP contribution in [-0.2, 0) is 0 Å². The van der Waals surface area contributed by atoms with Crippen molar-refractivity contribution >= 4 is 15.9 Å². The van der Waals surface area contributed by atoms with Gasteiger partial charge in [-0.05, 0) is 40.5 Å². The Morgan fingerprint density at radius 2 is 2.00 bits per heavy atom. The molecule has 1 aromatic carbocycles. The molecule has 15 heavy (non-hydrogen) atoms. The normalized spacial score (nSPS) is 10.0. The van der Waals surface area contributed by atoms with Crippen molar-refractivity contribution in [3.8, 4) is 11.6 Å². The molecule has 0 aliphatic carbocycles. The van der Waals surface area contributed by atoms with Gasteiger partial charge in [0.25, 0.3) is 5.88 Å². The number of nitrogens with zero attached hydrogens (tertiary/aromatic N) is 2. The summed E-state index contributed by atoms with van der Waals surface area (Å²) >= 11 is 3.35. The van der Waals surface area contributed by atoms with Gasteiger partial charge in [-0.3, -0.25) is 0 Å². The third-order valence-electron chi connectivity index (χ3n) is 1.94. The fraction of sp³-hybridized carbons (Fsp3) is 0.0909. The quantitative estimate of drug-likeness (QED) is 0.835. The van der Waals surface area contributed by atoms with Gasteiger partial charge in [0, 0.05) is 0 Å². The molecule has 76 valence electrons. The Hall–Kier alpha value is -1.42. The standard InChI is InChI=1S/C11H9BrN2O/c1-8-4-2-3-5-10(8)15-11-9(12)6-7-13-14-11/h2-7H,1H3. The van der Waals surface area contributed by atoms with Gasteiger partial charge in [0.1, 0.15) is 5.75 Å². The molecule has 0 radical (unpaired) electrons. The number of ether oxygens (including phenoxy) is 1. The van der Waals surface area contributed by atoms with Gasteiger partial charge in [0.2, 0.25) is 0 Å². The smallest absolute Gasteiger partial charge is 0.253 e. The summed E-state index contributed by atoms with van der Waals surface area (Å²) in [5.74, 6) is 1.27. The molecule has 0 spiro atoms. The molecule has 0 aliphatic rings. The highest BCUT2D eigenvalue weighted by atomic mass is 79.9. The van der Waals surface area contributed by atoms with Crippen LogP contribution in [0.15, 0.2) is 41.0 Å². The number of hydrogen-bond donors (Lipinski definition) is 0. The minimum Gasteiger partial charge on any atom is -0.436 e. The van der Waals surface area contributed by atoms with Crippen LogP contribution in [0.1, 0.15) is 5.56 Å². The Bertz CT molecular complexity index is 430. The number of aryl methyl sites for hydroxylation is 1. The van der Waals surface area contributed by atoms with E-state index in [1.54, 1.807) is 12.3 Å². The molecule has 0 fully saturated rings. The first kappa shape index (κ1) is 10.1. The predicted octanol–water partition coefficient (Wildman–Crippen LogP) is 3.34. The van der Waals surface area contributed by atoms with Crippen LogP contribution in [0, 0.1) is 6.92 Å². The van der Waals surface area contributed by atoms with Gasteiger partial charge in [-0.2, -0.15) is 5.10 Å². The molecular formula is C11H9BrN2O. The Morgan fingerprint density at radius 1 is 1.20 bits per heavy atom. The number of aromatic nitrogens is 2. The van der Waals surface area contributed by atoms with Crippen LogP contribution in [-0.4, -0.2) is 10.2 Å². The topological polar surface area (TPSA) is 35.0 Å². The molecule has 2 aromatic rings. The third kappa shape index (κ3) is 2.33. The zero-order valence-corrected chi connectivity index (χ0v) is 9.73. The summed E-state index contributed by atoms with van der Waals surface area (Å²) in [6.45, 7) is 1.99. The zero-order chi connectivity index (χ0) is 10.7. The molecular weight excluding hydrogens is 256 g/mol. The monoisotopic (exact) mass is 264 g/mol. The van der Waals surface area contributed by atoms with Crippen LogP contribution in [0.25, 0.3) is 0 Å². The lowest BCUT2D eigenvalue weighted by molar-refractivity contribution is 0.448. The maximum atomic E-state index is 5.62. The van der Waals surface area contributed by atoms with E-state index in [9.17, 15) is 0 Å². The second-order valence-electron chi connectivity index (χ2n) is 3.05. The minimum atomic E-state index is 0.479. The van der Waals surface area contributed by atoms with Gasteiger partial charge in [-0.1, -0.05) is 18.2 Å². The summed E-state index contributed by atoms with van der Waals surface area (Å²) in [5, 5.41) is 7.66. The number of benzene rings is 1. The van der Waals surface area contributed by atoms with E-state index in [4.69, 9.17) is 4.74 Å². The van der Waals surface area contributed by atoms with Crippen molar-refractivity contribution in [1.82, 2.24) is 10.2 Å². The average Bonchev–Trinajstić information content (AvgIpc) is 2.24. The second-order valence-corrected chi connectivity index (χ2v) is 3.91. The van der Waals surface area contributed by atoms with Gasteiger partial charge in [-0.25, -0.2) is 0 Å². The zero-order valence-electron chi connectivity index (χ0n) is 8.14. The van der Waals surface area contributed by atoms with Crippen molar-refractivity contribution in [2.45, 2.75) is 6.92 Å². The van der Waals surface area contributed by atoms with E-state index in [-0.39, 0.29) is 0 Å². The summed E-state index contributed by atoms with van der Waals surface area (Å²) in [4.78, 5) is 0. The van der Waals surface area contributed by atoms with E-state index in [0.29, 0.717) is 5.88 Å². The molecule has 0 bridgehead atoms. The molecule has 4 heteroatoms. The van der Waals surface area contributed by atoms with Crippen LogP contribution in [0.5, 0.6) is 11.6 Å². The number of rotatable bonds is 2. The van der Waals surface area contributed by atoms with Gasteiger partial charge < -0.3 is 4.74 Å². The van der Waals surface area contributed by atoms with E-state index in [2.05, 4.69) is 26.1 Å². The lowest BCUT2D eigenvalue weighted by Crippen LogP contribution is -1.92. The summed E-state index contributed by atoms with van der Waals surface area (Å²) in [6, 6.07) is 9.57. The Morgan fingerprint density at radius 3 is 2.73 bits per heavy atom. The molecule has 0 unspecified atom stereocenters. The van der Waals surface area contributed by atoms with Crippen LogP contribution in [0.3, 0.4) is 0 Å². The molecule has 0 N–H and O–H groups in total. The molecule has 2 rings (SSSR count). The first-order valence-corrected chi connectivity index (χ1v) is 5.27. The highest BCUT2D eigenvalue weighted by Gasteiger charge is 2.05. The van der Waals surface area contributed by atoms with E-state index in [1.807, 2.05) is 31.2 Å². The Balaban J connectivity index is 2.30. The van der Waals surface area contributed by atoms with Gasteiger partial charge in [0.15, 0.2) is 0 Å². The second kappa shape index (κ2) is 4.40. The Kier molecular flexibility index (Phi) is 2.97. The van der Waals surface area contributed by atoms with Crippen molar-refractivity contribution in [1.29, 1.82) is 0 Å². The first-order valence-electron chi connectivity index (χ1n) is 4.48. The molecule has 3 nitrogen and oxygen atoms in total. The molecule has 0 saturated carbocycles. The predicted molar refractivity (Wildman–Crippen MR) is 61.0 cm³/mol. The molecule has 0 saturated heterocycles. The SMILES string of the molecule is Cc1ccccc1Oc1nnccc1Br. The summed E-state index contributed by atoms with van der Waals surface area (Å²) < 4.78 is 6.41. The van der Waals surface area contributed by atoms with Crippen LogP contribution in [0.2, 0.25) is 0 Å². The van der Waals surface area contributed by atoms with Gasteiger partial charge in [0.05, 0.1) is 10.7 Å². The van der Waals surface area contributed by atoms with Crippen molar-refractivity contribution in [2.24, 2.45) is 0 Å². The Labute approximate surface area is 96.2 Å². The third-order valence-corrected chi connectivity index (χ3v) is 2.54. The first-order chi connectivity index (χ1) is 7.27. The molecule has 1 heterocycles. The minimum absolute atomic E-state index is 0.479. The number of halogens is 1. The fourth-order valence-electron chi connectivity index (χ4n) is 1.15. The summed E-state index contributed by atoms with van der Waals surface area (Å²) in [6.07, 6.45) is 1.61. The maximum absolute atomic E-state index is 5.62. The molecule has 0 amide bonds. The lowest BCUT2D eigenvalue weighted by Gasteiger charge is -2.07. The highest BCUT2D eigenvalue weighted by molar-refractivity contribution is 9.10. The summed E-state index contributed by atoms with van der Waals surface area (Å²) in [7, 11) is 0. The fourth-order valence-corrected chi connectivity index (χ4v) is 1.43. The van der Waals surface area contributed by atoms with Crippen LogP contribution < -0.4 is 4.74 Å². The molecule has 1 aromatic heterocycles. The van der Waals surface area contributed by atoms with Crippen molar-refractivity contribution in [3.05, 3.63) is 46.6 Å². The number of para-hydroxylation sites is 1. The van der Waals surface area contributed by atoms with E-state index >= 15 is 0 Å². The van der Waals surface area contributed by atoms with Crippen LogP contribution in [0.4, 0.5) is 0 Å². The summed E-state index contributed by atoms with van der Waals surface area (Å²) in [5.41, 5.74) is 1.06. The van der Waals surface area contributed by atoms with Gasteiger partial charge in [-0.15, -0.1) is 5.10 Å². The van der Waals surface area contributed by atoms with E-state index < -0.39 is 0 Å². The van der Waals surface area contributed by atoms with Crippen molar-refractivity contribution < 1.29 is 4.74 Å². The average molecular weight is 265 g/mol. The molecule has 0 aliphatic heterocycles. The lowest BCUT2D eigenvalue weighted by atomic mass is 10.2. The largest absolute Gasteiger partial charge is 0.436 e. The molecule has 0 atom stereocenters. The van der Waals surface area contributed by atoms with Crippen molar-refractivity contribution in [3.63, 3.8) is 0 Å². The van der Waals surface area contributed by atoms with Crippen molar-refractivity contribution in [2.75, 3.05) is 0 Å². The van der Waals surface area contributed by atoms with E-state index in [1.165, 1.54) is 0 Å². The van der Waals surface area contributed by atoms with Crippen LogP contribution >= 0.6 is 15.9 Å². The maximum Gasteiger partial charge on any atom is 0.253 e.